The molecule has 0 aliphatic rings. The van der Waals surface area contributed by atoms with E-state index in [1.54, 1.807) is 6.07 Å². The van der Waals surface area contributed by atoms with Crippen LogP contribution < -0.4 is 14.2 Å². The third kappa shape index (κ3) is 7.17. The molecule has 1 N–H and O–H groups in total. The smallest absolute Gasteiger partial charge is 0.407 e. The van der Waals surface area contributed by atoms with Crippen LogP contribution in [-0.4, -0.2) is 44.3 Å². The summed E-state index contributed by atoms with van der Waals surface area (Å²) >= 11 is 0. The highest BCUT2D eigenvalue weighted by atomic mass is 16.5. The molecule has 43 heavy (non-hydrogen) atoms. The summed E-state index contributed by atoms with van der Waals surface area (Å²) in [6, 6.07) is 25.1. The van der Waals surface area contributed by atoms with E-state index in [1.807, 2.05) is 93.6 Å². The van der Waals surface area contributed by atoms with E-state index in [0.717, 1.165) is 39.2 Å². The second-order valence-electron chi connectivity index (χ2n) is 11.5. The van der Waals surface area contributed by atoms with E-state index in [2.05, 4.69) is 4.57 Å². The van der Waals surface area contributed by atoms with Crippen LogP contribution in [0.1, 0.15) is 45.0 Å². The van der Waals surface area contributed by atoms with Gasteiger partial charge < -0.3 is 29.3 Å². The molecule has 0 unspecified atom stereocenters. The monoisotopic (exact) mass is 582 g/mol. The van der Waals surface area contributed by atoms with Gasteiger partial charge in [0.05, 0.1) is 23.5 Å². The van der Waals surface area contributed by atoms with Crippen LogP contribution >= 0.6 is 0 Å². The molecule has 0 fully saturated rings. The van der Waals surface area contributed by atoms with E-state index in [0.29, 0.717) is 55.9 Å². The van der Waals surface area contributed by atoms with Gasteiger partial charge in [0.1, 0.15) is 30.5 Å². The number of nitrogens with zero attached hydrogens (tertiary/aromatic N) is 4. The molecule has 5 aromatic rings. The number of benzene rings is 3. The molecule has 0 atom stereocenters. The molecule has 224 valence electrons. The van der Waals surface area contributed by atoms with Crippen molar-refractivity contribution < 1.29 is 24.1 Å². The zero-order valence-electron chi connectivity index (χ0n) is 24.9. The van der Waals surface area contributed by atoms with Gasteiger partial charge in [-0.2, -0.15) is 4.73 Å². The van der Waals surface area contributed by atoms with E-state index in [-0.39, 0.29) is 0 Å². The first kappa shape index (κ1) is 29.7. The molecule has 2 aromatic heterocycles. The molecular weight excluding hydrogens is 544 g/mol. The summed E-state index contributed by atoms with van der Waals surface area (Å²) in [6.45, 7) is 7.49. The van der Waals surface area contributed by atoms with Gasteiger partial charge in [0, 0.05) is 18.5 Å². The van der Waals surface area contributed by atoms with Crippen molar-refractivity contribution in [2.75, 3.05) is 13.2 Å². The molecule has 0 aliphatic carbocycles. The SMILES string of the molecule is CC(C)(C)N(CCCCc1nc2c[n+]([O-])c3cc(OCc4ccccc4)ccc3c2n1CCOc1ccccc1)C(=O)O. The van der Waals surface area contributed by atoms with Crippen molar-refractivity contribution in [2.24, 2.45) is 0 Å². The lowest BCUT2D eigenvalue weighted by molar-refractivity contribution is -0.575. The van der Waals surface area contributed by atoms with Gasteiger partial charge in [-0.1, -0.05) is 48.5 Å². The van der Waals surface area contributed by atoms with Crippen LogP contribution in [-0.2, 0) is 19.6 Å². The summed E-state index contributed by atoms with van der Waals surface area (Å²) in [6.07, 6.45) is 2.67. The lowest BCUT2D eigenvalue weighted by Crippen LogP contribution is -2.45. The molecule has 0 radical (unpaired) electrons. The number of unbranched alkanes of at least 4 members (excludes halogenated alkanes) is 1. The van der Waals surface area contributed by atoms with E-state index < -0.39 is 11.6 Å². The second-order valence-corrected chi connectivity index (χ2v) is 11.5. The van der Waals surface area contributed by atoms with Gasteiger partial charge in [-0.25, -0.2) is 9.78 Å². The molecule has 0 saturated carbocycles. The normalized spacial score (nSPS) is 11.6. The lowest BCUT2D eigenvalue weighted by Gasteiger charge is -2.33. The molecule has 9 nitrogen and oxygen atoms in total. The Morgan fingerprint density at radius 2 is 1.70 bits per heavy atom. The summed E-state index contributed by atoms with van der Waals surface area (Å²) in [7, 11) is 0. The van der Waals surface area contributed by atoms with E-state index in [1.165, 1.54) is 11.1 Å². The van der Waals surface area contributed by atoms with Crippen molar-refractivity contribution in [3.05, 3.63) is 102 Å². The molecular formula is C34H38N4O5. The minimum Gasteiger partial charge on any atom is -0.618 e. The molecule has 0 bridgehead atoms. The van der Waals surface area contributed by atoms with Crippen LogP contribution in [0.15, 0.2) is 85.1 Å². The van der Waals surface area contributed by atoms with Crippen LogP contribution in [0.25, 0.3) is 21.9 Å². The Morgan fingerprint density at radius 1 is 0.977 bits per heavy atom. The third-order valence-electron chi connectivity index (χ3n) is 7.42. The minimum absolute atomic E-state index is 0.404. The maximum Gasteiger partial charge on any atom is 0.407 e. The van der Waals surface area contributed by atoms with Gasteiger partial charge in [0.25, 0.3) is 0 Å². The molecule has 0 aliphatic heterocycles. The van der Waals surface area contributed by atoms with Crippen molar-refractivity contribution in [1.82, 2.24) is 14.5 Å². The van der Waals surface area contributed by atoms with E-state index >= 15 is 0 Å². The fraction of sp³-hybridized carbons (Fsp3) is 0.324. The van der Waals surface area contributed by atoms with Crippen LogP contribution in [0.5, 0.6) is 11.5 Å². The first-order chi connectivity index (χ1) is 20.7. The topological polar surface area (TPSA) is 104 Å². The number of hydrogen-bond acceptors (Lipinski definition) is 5. The minimum atomic E-state index is -0.920. The zero-order chi connectivity index (χ0) is 30.4. The van der Waals surface area contributed by atoms with Gasteiger partial charge in [-0.05, 0) is 63.4 Å². The standard InChI is InChI=1S/C34H38N4O5/c1-34(2,3)37(33(39)40)19-11-10-16-31-35-29-23-38(41)30-22-27(43-24-25-12-6-4-7-13-25)17-18-28(30)32(29)36(31)20-21-42-26-14-8-5-9-15-26/h4-9,12-15,17-18,22-23H,10-11,16,19-21,24H2,1-3H3,(H,39,40). The molecule has 3 aromatic carbocycles. The number of rotatable bonds is 12. The summed E-state index contributed by atoms with van der Waals surface area (Å²) in [5.74, 6) is 2.23. The maximum atomic E-state index is 13.2. The summed E-state index contributed by atoms with van der Waals surface area (Å²) < 4.78 is 15.0. The van der Waals surface area contributed by atoms with E-state index in [4.69, 9.17) is 14.5 Å². The highest BCUT2D eigenvalue weighted by Crippen LogP contribution is 2.28. The number of para-hydroxylation sites is 1. The number of ether oxygens (including phenoxy) is 2. The Labute approximate surface area is 251 Å². The Balaban J connectivity index is 1.42. The zero-order valence-corrected chi connectivity index (χ0v) is 24.9. The summed E-state index contributed by atoms with van der Waals surface area (Å²) in [5, 5.41) is 23.6. The van der Waals surface area contributed by atoms with Crippen molar-refractivity contribution in [3.8, 4) is 11.5 Å². The van der Waals surface area contributed by atoms with Crippen molar-refractivity contribution >= 4 is 28.0 Å². The molecule has 2 heterocycles. The fourth-order valence-electron chi connectivity index (χ4n) is 5.27. The Kier molecular flexibility index (Phi) is 8.99. The summed E-state index contributed by atoms with van der Waals surface area (Å²) in [5.41, 5.74) is 2.54. The fourth-order valence-corrected chi connectivity index (χ4v) is 5.27. The summed E-state index contributed by atoms with van der Waals surface area (Å²) in [4.78, 5) is 18.1. The quantitative estimate of drug-likeness (QED) is 0.101. The number of carbonyl (C=O) groups is 1. The van der Waals surface area contributed by atoms with Gasteiger partial charge >= 0.3 is 6.09 Å². The van der Waals surface area contributed by atoms with Crippen molar-refractivity contribution in [3.63, 3.8) is 0 Å². The molecule has 5 rings (SSSR count). The molecule has 0 spiro atoms. The third-order valence-corrected chi connectivity index (χ3v) is 7.42. The number of hydrogen-bond donors (Lipinski definition) is 1. The Morgan fingerprint density at radius 3 is 2.40 bits per heavy atom. The molecule has 0 saturated heterocycles. The first-order valence-corrected chi connectivity index (χ1v) is 14.6. The van der Waals surface area contributed by atoms with Crippen LogP contribution in [0, 0.1) is 5.21 Å². The maximum absolute atomic E-state index is 13.2. The number of aryl methyl sites for hydroxylation is 1. The number of fused-ring (bicyclic) bond motifs is 3. The van der Waals surface area contributed by atoms with Crippen molar-refractivity contribution in [2.45, 2.75) is 58.7 Å². The van der Waals surface area contributed by atoms with Gasteiger partial charge in [0.2, 0.25) is 11.7 Å². The first-order valence-electron chi connectivity index (χ1n) is 14.6. The highest BCUT2D eigenvalue weighted by molar-refractivity contribution is 6.01. The van der Waals surface area contributed by atoms with Crippen LogP contribution in [0.4, 0.5) is 4.79 Å². The van der Waals surface area contributed by atoms with Crippen LogP contribution in [0.3, 0.4) is 0 Å². The van der Waals surface area contributed by atoms with Crippen molar-refractivity contribution in [1.29, 1.82) is 0 Å². The number of pyridine rings is 1. The largest absolute Gasteiger partial charge is 0.618 e. The number of aromatic nitrogens is 3. The van der Waals surface area contributed by atoms with Gasteiger partial charge in [0.15, 0.2) is 5.52 Å². The second kappa shape index (κ2) is 13.0. The Bertz CT molecular complexity index is 1680. The number of amides is 1. The molecule has 1 amide bonds. The number of carboxylic acid groups (broad SMARTS) is 1. The highest BCUT2D eigenvalue weighted by Gasteiger charge is 2.25. The van der Waals surface area contributed by atoms with Gasteiger partial charge in [-0.3, -0.25) is 0 Å². The van der Waals surface area contributed by atoms with E-state index in [9.17, 15) is 15.1 Å². The lowest BCUT2D eigenvalue weighted by atomic mass is 10.1. The van der Waals surface area contributed by atoms with Crippen LogP contribution in [0.2, 0.25) is 0 Å². The average Bonchev–Trinajstić information content (AvgIpc) is 3.33. The molecule has 9 heteroatoms. The van der Waals surface area contributed by atoms with Gasteiger partial charge in [-0.15, -0.1) is 0 Å². The average molecular weight is 583 g/mol. The predicted octanol–water partition coefficient (Wildman–Crippen LogP) is 6.58. The number of imidazole rings is 1. The predicted molar refractivity (Wildman–Crippen MR) is 166 cm³/mol. The Hall–Kier alpha value is -4.79.